The van der Waals surface area contributed by atoms with Gasteiger partial charge >= 0.3 is 0 Å². The Kier molecular flexibility index (Phi) is 4.63. The molecule has 2 saturated carbocycles. The molecule has 26 heavy (non-hydrogen) atoms. The summed E-state index contributed by atoms with van der Waals surface area (Å²) in [4.78, 5) is 31.2. The Labute approximate surface area is 156 Å². The highest BCUT2D eigenvalue weighted by Gasteiger charge is 2.48. The van der Waals surface area contributed by atoms with E-state index >= 15 is 0 Å². The first-order valence-corrected chi connectivity index (χ1v) is 9.67. The average Bonchev–Trinajstić information content (AvgIpc) is 3.25. The van der Waals surface area contributed by atoms with Gasteiger partial charge in [0.2, 0.25) is 0 Å². The van der Waals surface area contributed by atoms with E-state index in [4.69, 9.17) is 14.5 Å². The van der Waals surface area contributed by atoms with Crippen molar-refractivity contribution in [1.29, 1.82) is 0 Å². The SMILES string of the molecule is COCOc1ccc(-c2nc(C3C(=O)[C@@H]4CC[C@H](C4)C3=O)c(C)s2)cc1. The van der Waals surface area contributed by atoms with E-state index in [1.165, 1.54) is 11.3 Å². The number of methoxy groups -OCH3 is 1. The molecule has 2 aromatic rings. The summed E-state index contributed by atoms with van der Waals surface area (Å²) in [5.41, 5.74) is 1.61. The Hall–Kier alpha value is -2.05. The van der Waals surface area contributed by atoms with Gasteiger partial charge in [0, 0.05) is 29.4 Å². The molecule has 0 unspecified atom stereocenters. The molecule has 2 aliphatic rings. The van der Waals surface area contributed by atoms with Crippen molar-refractivity contribution in [2.45, 2.75) is 32.1 Å². The van der Waals surface area contributed by atoms with Crippen LogP contribution in [-0.4, -0.2) is 30.5 Å². The van der Waals surface area contributed by atoms with Crippen molar-refractivity contribution in [1.82, 2.24) is 4.98 Å². The molecule has 1 aromatic carbocycles. The number of ketones is 2. The Morgan fingerprint density at radius 1 is 1.12 bits per heavy atom. The number of ether oxygens (including phenoxy) is 2. The number of carbonyl (C=O) groups is 2. The second-order valence-electron chi connectivity index (χ2n) is 6.98. The van der Waals surface area contributed by atoms with E-state index in [2.05, 4.69) is 0 Å². The maximum atomic E-state index is 12.8. The van der Waals surface area contributed by atoms with Crippen molar-refractivity contribution in [3.8, 4) is 16.3 Å². The minimum absolute atomic E-state index is 0.0458. The van der Waals surface area contributed by atoms with Crippen LogP contribution in [0.1, 0.15) is 35.8 Å². The zero-order chi connectivity index (χ0) is 18.3. The first-order chi connectivity index (χ1) is 12.6. The predicted molar refractivity (Wildman–Crippen MR) is 98.4 cm³/mol. The molecule has 0 radical (unpaired) electrons. The second-order valence-corrected chi connectivity index (χ2v) is 8.18. The third-order valence-electron chi connectivity index (χ3n) is 5.36. The lowest BCUT2D eigenvalue weighted by Crippen LogP contribution is -2.35. The van der Waals surface area contributed by atoms with E-state index in [0.717, 1.165) is 40.5 Å². The molecule has 1 aromatic heterocycles. The van der Waals surface area contributed by atoms with Crippen LogP contribution in [0.15, 0.2) is 24.3 Å². The Morgan fingerprint density at radius 3 is 2.38 bits per heavy atom. The van der Waals surface area contributed by atoms with E-state index in [9.17, 15) is 9.59 Å². The number of benzene rings is 1. The highest BCUT2D eigenvalue weighted by molar-refractivity contribution is 7.15. The van der Waals surface area contributed by atoms with Gasteiger partial charge in [-0.25, -0.2) is 4.98 Å². The summed E-state index contributed by atoms with van der Waals surface area (Å²) in [6.45, 7) is 2.15. The molecule has 136 valence electrons. The number of fused-ring (bicyclic) bond motifs is 2. The third kappa shape index (κ3) is 2.97. The number of rotatable bonds is 5. The molecular weight excluding hydrogens is 350 g/mol. The van der Waals surface area contributed by atoms with Gasteiger partial charge in [-0.05, 0) is 50.5 Å². The van der Waals surface area contributed by atoms with Gasteiger partial charge in [-0.15, -0.1) is 11.3 Å². The third-order valence-corrected chi connectivity index (χ3v) is 6.39. The Bertz CT molecular complexity index is 820. The van der Waals surface area contributed by atoms with Crippen LogP contribution in [-0.2, 0) is 14.3 Å². The predicted octanol–water partition coefficient (Wildman–Crippen LogP) is 3.75. The van der Waals surface area contributed by atoms with Crippen LogP contribution in [0.4, 0.5) is 0 Å². The van der Waals surface area contributed by atoms with Crippen LogP contribution in [0.25, 0.3) is 10.6 Å². The molecule has 2 atom stereocenters. The number of hydrogen-bond donors (Lipinski definition) is 0. The fourth-order valence-corrected chi connectivity index (χ4v) is 4.96. The van der Waals surface area contributed by atoms with E-state index in [0.29, 0.717) is 5.69 Å². The van der Waals surface area contributed by atoms with E-state index in [1.54, 1.807) is 7.11 Å². The van der Waals surface area contributed by atoms with E-state index in [-0.39, 0.29) is 30.2 Å². The van der Waals surface area contributed by atoms with Crippen molar-refractivity contribution >= 4 is 22.9 Å². The average molecular weight is 371 g/mol. The molecule has 4 rings (SSSR count). The van der Waals surface area contributed by atoms with Crippen molar-refractivity contribution in [3.63, 3.8) is 0 Å². The molecular formula is C20H21NO4S. The van der Waals surface area contributed by atoms with Crippen LogP contribution < -0.4 is 4.74 Å². The normalized spacial score (nSPS) is 24.9. The Morgan fingerprint density at radius 2 is 1.77 bits per heavy atom. The fraction of sp³-hybridized carbons (Fsp3) is 0.450. The first kappa shape index (κ1) is 17.4. The standard InChI is InChI=1S/C20H21NO4S/c1-11-17(16-18(22)13-3-4-14(9-13)19(16)23)21-20(26-11)12-5-7-15(8-6-12)25-10-24-2/h5-8,13-14,16H,3-4,9-10H2,1-2H3/t13-,14-/m1/s1. The highest BCUT2D eigenvalue weighted by atomic mass is 32.1. The highest BCUT2D eigenvalue weighted by Crippen LogP contribution is 2.45. The topological polar surface area (TPSA) is 65.5 Å². The number of hydrogen-bond acceptors (Lipinski definition) is 6. The lowest BCUT2D eigenvalue weighted by molar-refractivity contribution is -0.136. The zero-order valence-corrected chi connectivity index (χ0v) is 15.7. The molecule has 0 spiro atoms. The number of carbonyl (C=O) groups excluding carboxylic acids is 2. The molecule has 5 nitrogen and oxygen atoms in total. The number of thiazole rings is 1. The maximum absolute atomic E-state index is 12.8. The minimum atomic E-state index is -0.657. The smallest absolute Gasteiger partial charge is 0.188 e. The monoisotopic (exact) mass is 371 g/mol. The molecule has 2 fully saturated rings. The summed E-state index contributed by atoms with van der Waals surface area (Å²) >= 11 is 1.53. The van der Waals surface area contributed by atoms with Crippen molar-refractivity contribution in [2.75, 3.05) is 13.9 Å². The minimum Gasteiger partial charge on any atom is -0.468 e. The van der Waals surface area contributed by atoms with Crippen LogP contribution in [0.2, 0.25) is 0 Å². The summed E-state index contributed by atoms with van der Waals surface area (Å²) in [7, 11) is 1.58. The molecule has 1 heterocycles. The lowest BCUT2D eigenvalue weighted by Gasteiger charge is -2.24. The number of Topliss-reactive ketones (excluding diaryl/α,β-unsaturated/α-hetero) is 2. The van der Waals surface area contributed by atoms with Gasteiger partial charge < -0.3 is 9.47 Å². The van der Waals surface area contributed by atoms with Crippen LogP contribution >= 0.6 is 11.3 Å². The molecule has 0 aliphatic heterocycles. The van der Waals surface area contributed by atoms with Gasteiger partial charge in [0.1, 0.15) is 16.7 Å². The van der Waals surface area contributed by atoms with Gasteiger partial charge in [-0.2, -0.15) is 0 Å². The molecule has 0 N–H and O–H groups in total. The first-order valence-electron chi connectivity index (χ1n) is 8.85. The summed E-state index contributed by atoms with van der Waals surface area (Å²) in [6.07, 6.45) is 2.45. The summed E-state index contributed by atoms with van der Waals surface area (Å²) in [5.74, 6) is 0.307. The van der Waals surface area contributed by atoms with Crippen LogP contribution in [0.5, 0.6) is 5.75 Å². The Balaban J connectivity index is 1.61. The number of nitrogens with zero attached hydrogens (tertiary/aromatic N) is 1. The van der Waals surface area contributed by atoms with Gasteiger partial charge in [0.15, 0.2) is 18.4 Å². The van der Waals surface area contributed by atoms with Gasteiger partial charge in [-0.1, -0.05) is 0 Å². The largest absolute Gasteiger partial charge is 0.468 e. The summed E-state index contributed by atoms with van der Waals surface area (Å²) < 4.78 is 10.3. The van der Waals surface area contributed by atoms with Crippen molar-refractivity contribution in [2.24, 2.45) is 11.8 Å². The molecule has 2 aliphatic carbocycles. The quantitative estimate of drug-likeness (QED) is 0.591. The van der Waals surface area contributed by atoms with Gasteiger partial charge in [0.25, 0.3) is 0 Å². The summed E-state index contributed by atoms with van der Waals surface area (Å²) in [5, 5.41) is 0.828. The van der Waals surface area contributed by atoms with Crippen LogP contribution in [0, 0.1) is 18.8 Å². The molecule has 6 heteroatoms. The molecule has 0 amide bonds. The van der Waals surface area contributed by atoms with Gasteiger partial charge in [0.05, 0.1) is 5.69 Å². The van der Waals surface area contributed by atoms with E-state index in [1.807, 2.05) is 31.2 Å². The van der Waals surface area contributed by atoms with Crippen molar-refractivity contribution in [3.05, 3.63) is 34.8 Å². The molecule has 2 bridgehead atoms. The van der Waals surface area contributed by atoms with Crippen molar-refractivity contribution < 1.29 is 19.1 Å². The van der Waals surface area contributed by atoms with Crippen LogP contribution in [0.3, 0.4) is 0 Å². The van der Waals surface area contributed by atoms with Gasteiger partial charge in [-0.3, -0.25) is 9.59 Å². The zero-order valence-electron chi connectivity index (χ0n) is 14.9. The number of aromatic nitrogens is 1. The lowest BCUT2D eigenvalue weighted by atomic mass is 9.77. The maximum Gasteiger partial charge on any atom is 0.188 e. The fourth-order valence-electron chi connectivity index (χ4n) is 4.00. The second kappa shape index (κ2) is 6.93. The summed E-state index contributed by atoms with van der Waals surface area (Å²) in [6, 6.07) is 7.59. The number of aryl methyl sites for hydroxylation is 1. The van der Waals surface area contributed by atoms with E-state index < -0.39 is 5.92 Å². The molecule has 0 saturated heterocycles.